The largest absolute Gasteiger partial charge is 0.394 e. The molecule has 0 atom stereocenters. The van der Waals surface area contributed by atoms with Gasteiger partial charge in [-0.25, -0.2) is 17.6 Å². The second-order valence-corrected chi connectivity index (χ2v) is 2.11. The molecule has 0 heterocycles. The lowest BCUT2D eigenvalue weighted by Crippen LogP contribution is -2.02. The fraction of sp³-hybridized carbons (Fsp3) is 0. The lowest BCUT2D eigenvalue weighted by Gasteiger charge is -2.02. The molecule has 0 aliphatic carbocycles. The molecule has 0 saturated carbocycles. The summed E-state index contributed by atoms with van der Waals surface area (Å²) in [5.41, 5.74) is 1.76. The van der Waals surface area contributed by atoms with Crippen molar-refractivity contribution in [1.29, 1.82) is 0 Å². The third-order valence-corrected chi connectivity index (χ3v) is 1.37. The molecule has 2 N–H and O–H groups in total. The number of nitrogens with two attached hydrogens (primary N) is 1. The SMILES string of the molecule is Nc1c(F)c(F)c(N=O)c(F)c1F. The first-order chi connectivity index (χ1) is 6.00. The Morgan fingerprint density at radius 2 is 1.31 bits per heavy atom. The maximum absolute atomic E-state index is 12.5. The van der Waals surface area contributed by atoms with Crippen molar-refractivity contribution >= 4 is 11.4 Å². The minimum Gasteiger partial charge on any atom is -0.394 e. The van der Waals surface area contributed by atoms with Gasteiger partial charge >= 0.3 is 0 Å². The summed E-state index contributed by atoms with van der Waals surface area (Å²) in [6, 6.07) is 0. The van der Waals surface area contributed by atoms with Gasteiger partial charge in [-0.2, -0.15) is 0 Å². The van der Waals surface area contributed by atoms with Gasteiger partial charge in [-0.3, -0.25) is 0 Å². The quantitative estimate of drug-likeness (QED) is 0.322. The summed E-state index contributed by atoms with van der Waals surface area (Å²) < 4.78 is 50.1. The average molecular weight is 194 g/mol. The van der Waals surface area contributed by atoms with Crippen LogP contribution in [0.4, 0.5) is 28.9 Å². The van der Waals surface area contributed by atoms with Crippen LogP contribution in [-0.4, -0.2) is 0 Å². The normalized spacial score (nSPS) is 10.2. The zero-order chi connectivity index (χ0) is 10.2. The second-order valence-electron chi connectivity index (χ2n) is 2.11. The molecule has 0 bridgehead atoms. The van der Waals surface area contributed by atoms with E-state index < -0.39 is 34.6 Å². The van der Waals surface area contributed by atoms with Crippen molar-refractivity contribution < 1.29 is 17.6 Å². The molecule has 0 aliphatic rings. The van der Waals surface area contributed by atoms with Gasteiger partial charge in [0.15, 0.2) is 29.0 Å². The molecule has 0 fully saturated rings. The molecule has 0 aromatic heterocycles. The number of hydrogen-bond acceptors (Lipinski definition) is 3. The van der Waals surface area contributed by atoms with Crippen molar-refractivity contribution in [2.24, 2.45) is 5.18 Å². The molecule has 1 aromatic carbocycles. The Kier molecular flexibility index (Phi) is 2.18. The molecule has 1 aromatic rings. The number of hydrogen-bond donors (Lipinski definition) is 1. The fourth-order valence-corrected chi connectivity index (χ4v) is 0.717. The van der Waals surface area contributed by atoms with Crippen molar-refractivity contribution in [2.75, 3.05) is 5.73 Å². The molecule has 0 amide bonds. The number of benzene rings is 1. The number of rotatable bonds is 1. The van der Waals surface area contributed by atoms with E-state index in [0.717, 1.165) is 0 Å². The number of halogens is 4. The topological polar surface area (TPSA) is 55.4 Å². The number of nitrogen functional groups attached to an aromatic ring is 1. The minimum atomic E-state index is -1.90. The summed E-state index contributed by atoms with van der Waals surface area (Å²) in [5, 5.41) is 1.80. The molecule has 13 heavy (non-hydrogen) atoms. The van der Waals surface area contributed by atoms with Gasteiger partial charge in [-0.05, 0) is 5.18 Å². The first-order valence-corrected chi connectivity index (χ1v) is 2.95. The summed E-state index contributed by atoms with van der Waals surface area (Å²) in [7, 11) is 0. The summed E-state index contributed by atoms with van der Waals surface area (Å²) in [4.78, 5) is 9.76. The number of anilines is 1. The first kappa shape index (κ1) is 9.43. The van der Waals surface area contributed by atoms with Gasteiger partial charge in [0.2, 0.25) is 0 Å². The molecule has 0 unspecified atom stereocenters. The lowest BCUT2D eigenvalue weighted by atomic mass is 10.2. The number of nitroso groups, excluding NO2 is 1. The predicted molar refractivity (Wildman–Crippen MR) is 36.1 cm³/mol. The van der Waals surface area contributed by atoms with Crippen LogP contribution in [-0.2, 0) is 0 Å². The van der Waals surface area contributed by atoms with Crippen LogP contribution < -0.4 is 5.73 Å². The Balaban J connectivity index is 3.66. The maximum atomic E-state index is 12.5. The van der Waals surface area contributed by atoms with Gasteiger partial charge in [0.05, 0.1) is 0 Å². The summed E-state index contributed by atoms with van der Waals surface area (Å²) >= 11 is 0. The third kappa shape index (κ3) is 1.21. The van der Waals surface area contributed by atoms with Crippen LogP contribution in [0.1, 0.15) is 0 Å². The predicted octanol–water partition coefficient (Wildman–Crippen LogP) is 2.22. The Hall–Kier alpha value is -1.66. The highest BCUT2D eigenvalue weighted by molar-refractivity contribution is 5.53. The zero-order valence-corrected chi connectivity index (χ0v) is 5.94. The van der Waals surface area contributed by atoms with Gasteiger partial charge in [0, 0.05) is 0 Å². The second kappa shape index (κ2) is 3.00. The van der Waals surface area contributed by atoms with Gasteiger partial charge in [0.1, 0.15) is 5.69 Å². The van der Waals surface area contributed by atoms with E-state index in [1.54, 1.807) is 5.18 Å². The highest BCUT2D eigenvalue weighted by Gasteiger charge is 2.24. The molecule has 0 radical (unpaired) electrons. The van der Waals surface area contributed by atoms with Crippen LogP contribution in [0.25, 0.3) is 0 Å². The minimum absolute atomic E-state index is 1.32. The Morgan fingerprint density at radius 1 is 0.923 bits per heavy atom. The highest BCUT2D eigenvalue weighted by Crippen LogP contribution is 2.30. The van der Waals surface area contributed by atoms with E-state index in [9.17, 15) is 22.5 Å². The van der Waals surface area contributed by atoms with Gasteiger partial charge in [-0.1, -0.05) is 0 Å². The Labute approximate surface area is 69.1 Å². The molecule has 3 nitrogen and oxygen atoms in total. The fourth-order valence-electron chi connectivity index (χ4n) is 0.717. The van der Waals surface area contributed by atoms with E-state index >= 15 is 0 Å². The molecule has 0 aliphatic heterocycles. The summed E-state index contributed by atoms with van der Waals surface area (Å²) in [5.74, 6) is -7.44. The van der Waals surface area contributed by atoms with E-state index in [2.05, 4.69) is 5.73 Å². The third-order valence-electron chi connectivity index (χ3n) is 1.37. The molecular formula is C6H2F4N2O. The van der Waals surface area contributed by atoms with E-state index in [0.29, 0.717) is 0 Å². The number of nitrogens with zero attached hydrogens (tertiary/aromatic N) is 1. The van der Waals surface area contributed by atoms with E-state index in [4.69, 9.17) is 0 Å². The maximum Gasteiger partial charge on any atom is 0.193 e. The van der Waals surface area contributed by atoms with Gasteiger partial charge in [-0.15, -0.1) is 4.91 Å². The van der Waals surface area contributed by atoms with Crippen LogP contribution in [0.15, 0.2) is 5.18 Å². The van der Waals surface area contributed by atoms with Crippen LogP contribution in [0.5, 0.6) is 0 Å². The van der Waals surface area contributed by atoms with E-state index in [1.165, 1.54) is 0 Å². The smallest absolute Gasteiger partial charge is 0.193 e. The van der Waals surface area contributed by atoms with Crippen LogP contribution >= 0.6 is 0 Å². The van der Waals surface area contributed by atoms with Crippen molar-refractivity contribution in [3.8, 4) is 0 Å². The van der Waals surface area contributed by atoms with Crippen molar-refractivity contribution in [2.45, 2.75) is 0 Å². The summed E-state index contributed by atoms with van der Waals surface area (Å²) in [6.45, 7) is 0. The molecular weight excluding hydrogens is 192 g/mol. The van der Waals surface area contributed by atoms with Gasteiger partial charge < -0.3 is 5.73 Å². The zero-order valence-electron chi connectivity index (χ0n) is 5.94. The van der Waals surface area contributed by atoms with Crippen LogP contribution in [0.2, 0.25) is 0 Å². The Bertz CT molecular complexity index is 350. The van der Waals surface area contributed by atoms with E-state index in [1.807, 2.05) is 0 Å². The van der Waals surface area contributed by atoms with Crippen molar-refractivity contribution in [1.82, 2.24) is 0 Å². The lowest BCUT2D eigenvalue weighted by molar-refractivity contribution is 0.463. The first-order valence-electron chi connectivity index (χ1n) is 2.95. The van der Waals surface area contributed by atoms with Gasteiger partial charge in [0.25, 0.3) is 0 Å². The van der Waals surface area contributed by atoms with Crippen LogP contribution in [0, 0.1) is 28.2 Å². The Morgan fingerprint density at radius 3 is 1.62 bits per heavy atom. The van der Waals surface area contributed by atoms with Crippen molar-refractivity contribution in [3.05, 3.63) is 28.2 Å². The molecule has 1 rings (SSSR count). The monoisotopic (exact) mass is 194 g/mol. The highest BCUT2D eigenvalue weighted by atomic mass is 19.2. The molecule has 0 spiro atoms. The average Bonchev–Trinajstić information content (AvgIpc) is 2.13. The summed E-state index contributed by atoms with van der Waals surface area (Å²) in [6.07, 6.45) is 0. The van der Waals surface area contributed by atoms with E-state index in [-0.39, 0.29) is 0 Å². The van der Waals surface area contributed by atoms with Crippen molar-refractivity contribution in [3.63, 3.8) is 0 Å². The molecule has 0 saturated heterocycles. The standard InChI is InChI=1S/C6H2F4N2O/c7-1-3(9)6(12-13)4(10)2(8)5(1)11/h11H2. The molecule has 70 valence electrons. The van der Waals surface area contributed by atoms with Crippen LogP contribution in [0.3, 0.4) is 0 Å². The molecule has 7 heteroatoms.